The van der Waals surface area contributed by atoms with Gasteiger partial charge in [-0.15, -0.1) is 0 Å². The molecular weight excluding hydrogens is 289 g/mol. The molecule has 0 saturated carbocycles. The van der Waals surface area contributed by atoms with Gasteiger partial charge in [0.15, 0.2) is 0 Å². The summed E-state index contributed by atoms with van der Waals surface area (Å²) in [7, 11) is 0. The van der Waals surface area contributed by atoms with Crippen LogP contribution in [0.25, 0.3) is 0 Å². The maximum absolute atomic E-state index is 6.22. The van der Waals surface area contributed by atoms with Crippen molar-refractivity contribution >= 4 is 23.2 Å². The van der Waals surface area contributed by atoms with E-state index in [1.807, 2.05) is 18.2 Å². The van der Waals surface area contributed by atoms with Gasteiger partial charge in [0.25, 0.3) is 0 Å². The molecule has 20 heavy (non-hydrogen) atoms. The zero-order valence-electron chi connectivity index (χ0n) is 13.1. The van der Waals surface area contributed by atoms with Crippen molar-refractivity contribution in [1.82, 2.24) is 5.32 Å². The van der Waals surface area contributed by atoms with Crippen molar-refractivity contribution in [3.05, 3.63) is 33.8 Å². The van der Waals surface area contributed by atoms with E-state index in [0.717, 1.165) is 41.4 Å². The second-order valence-electron chi connectivity index (χ2n) is 6.47. The molecule has 0 saturated heterocycles. The molecule has 0 radical (unpaired) electrons. The van der Waals surface area contributed by atoms with Crippen molar-refractivity contribution in [1.29, 1.82) is 0 Å². The van der Waals surface area contributed by atoms with E-state index >= 15 is 0 Å². The fourth-order valence-corrected chi connectivity index (χ4v) is 3.00. The molecule has 3 heteroatoms. The minimum Gasteiger partial charge on any atom is -0.313 e. The molecule has 0 aromatic heterocycles. The normalized spacial score (nSPS) is 13.5. The van der Waals surface area contributed by atoms with Crippen LogP contribution in [0.3, 0.4) is 0 Å². The minimum absolute atomic E-state index is 0.277. The Morgan fingerprint density at radius 1 is 1.15 bits per heavy atom. The number of rotatable bonds is 7. The third-order valence-electron chi connectivity index (χ3n) is 3.67. The van der Waals surface area contributed by atoms with Gasteiger partial charge in [0.05, 0.1) is 0 Å². The molecular formula is C17H27Cl2N. The molecule has 0 heterocycles. The van der Waals surface area contributed by atoms with Crippen LogP contribution in [0, 0.1) is 5.41 Å². The minimum atomic E-state index is 0.277. The van der Waals surface area contributed by atoms with Crippen LogP contribution in [0.5, 0.6) is 0 Å². The lowest BCUT2D eigenvalue weighted by Gasteiger charge is -2.32. The summed E-state index contributed by atoms with van der Waals surface area (Å²) in [6.07, 6.45) is 4.36. The Morgan fingerprint density at radius 3 is 2.25 bits per heavy atom. The maximum Gasteiger partial charge on any atom is 0.0452 e. The molecule has 1 N–H and O–H groups in total. The Morgan fingerprint density at radius 2 is 1.75 bits per heavy atom. The highest BCUT2D eigenvalue weighted by atomic mass is 35.5. The number of hydrogen-bond donors (Lipinski definition) is 1. The topological polar surface area (TPSA) is 12.0 Å². The van der Waals surface area contributed by atoms with Gasteiger partial charge in [-0.1, -0.05) is 57.0 Å². The second-order valence-corrected chi connectivity index (χ2v) is 7.28. The van der Waals surface area contributed by atoms with Crippen LogP contribution in [0.2, 0.25) is 10.0 Å². The Kier molecular flexibility index (Phi) is 7.36. The van der Waals surface area contributed by atoms with Crippen molar-refractivity contribution < 1.29 is 0 Å². The average molecular weight is 316 g/mol. The van der Waals surface area contributed by atoms with Gasteiger partial charge in [0.2, 0.25) is 0 Å². The molecule has 0 aliphatic heterocycles. The van der Waals surface area contributed by atoms with Crippen LogP contribution in [0.4, 0.5) is 0 Å². The first-order chi connectivity index (χ1) is 9.36. The molecule has 1 atom stereocenters. The van der Waals surface area contributed by atoms with Gasteiger partial charge in [-0.2, -0.15) is 0 Å². The van der Waals surface area contributed by atoms with E-state index in [9.17, 15) is 0 Å². The molecule has 1 unspecified atom stereocenters. The third kappa shape index (κ3) is 5.63. The Bertz CT molecular complexity index is 390. The lowest BCUT2D eigenvalue weighted by molar-refractivity contribution is 0.251. The van der Waals surface area contributed by atoms with Crippen molar-refractivity contribution in [2.24, 2.45) is 5.41 Å². The van der Waals surface area contributed by atoms with Crippen LogP contribution in [0.1, 0.15) is 52.5 Å². The highest BCUT2D eigenvalue weighted by Crippen LogP contribution is 2.28. The van der Waals surface area contributed by atoms with E-state index in [2.05, 4.69) is 33.0 Å². The predicted molar refractivity (Wildman–Crippen MR) is 90.9 cm³/mol. The smallest absolute Gasteiger partial charge is 0.0452 e. The highest BCUT2D eigenvalue weighted by molar-refractivity contribution is 6.35. The van der Waals surface area contributed by atoms with Crippen LogP contribution in [0.15, 0.2) is 18.2 Å². The summed E-state index contributed by atoms with van der Waals surface area (Å²) in [4.78, 5) is 0. The van der Waals surface area contributed by atoms with Crippen LogP contribution in [-0.2, 0) is 6.42 Å². The van der Waals surface area contributed by atoms with Gasteiger partial charge >= 0.3 is 0 Å². The molecule has 0 bridgehead atoms. The Hall–Kier alpha value is -0.240. The lowest BCUT2D eigenvalue weighted by Crippen LogP contribution is -2.40. The standard InChI is InChI=1S/C17H27Cl2N/c1-5-12-20-16(17(2,3)4)11-6-8-13-14(18)9-7-10-15(13)19/h7,9-10,16,20H,5-6,8,11-12H2,1-4H3. The van der Waals surface area contributed by atoms with Gasteiger partial charge in [-0.25, -0.2) is 0 Å². The number of hydrogen-bond acceptors (Lipinski definition) is 1. The lowest BCUT2D eigenvalue weighted by atomic mass is 9.83. The summed E-state index contributed by atoms with van der Waals surface area (Å²) < 4.78 is 0. The zero-order valence-corrected chi connectivity index (χ0v) is 14.6. The summed E-state index contributed by atoms with van der Waals surface area (Å²) in [5, 5.41) is 5.23. The molecule has 0 fully saturated rings. The largest absolute Gasteiger partial charge is 0.313 e. The molecule has 1 aromatic carbocycles. The highest BCUT2D eigenvalue weighted by Gasteiger charge is 2.23. The first-order valence-electron chi connectivity index (χ1n) is 7.52. The van der Waals surface area contributed by atoms with Gasteiger partial charge in [-0.05, 0) is 55.3 Å². The number of benzene rings is 1. The van der Waals surface area contributed by atoms with Crippen molar-refractivity contribution in [2.75, 3.05) is 6.54 Å². The first-order valence-corrected chi connectivity index (χ1v) is 8.28. The van der Waals surface area contributed by atoms with Crippen molar-refractivity contribution in [2.45, 2.75) is 59.4 Å². The van der Waals surface area contributed by atoms with Crippen LogP contribution in [-0.4, -0.2) is 12.6 Å². The molecule has 0 aliphatic carbocycles. The second kappa shape index (κ2) is 8.26. The van der Waals surface area contributed by atoms with Gasteiger partial charge in [0, 0.05) is 16.1 Å². The van der Waals surface area contributed by atoms with Gasteiger partial charge in [0.1, 0.15) is 0 Å². The van der Waals surface area contributed by atoms with Crippen LogP contribution >= 0.6 is 23.2 Å². The average Bonchev–Trinajstić information content (AvgIpc) is 2.35. The fraction of sp³-hybridized carbons (Fsp3) is 0.647. The quantitative estimate of drug-likeness (QED) is 0.677. The van der Waals surface area contributed by atoms with E-state index in [4.69, 9.17) is 23.2 Å². The summed E-state index contributed by atoms with van der Waals surface area (Å²) in [6, 6.07) is 6.26. The van der Waals surface area contributed by atoms with Crippen molar-refractivity contribution in [3.63, 3.8) is 0 Å². The van der Waals surface area contributed by atoms with E-state index < -0.39 is 0 Å². The Labute approximate surface area is 134 Å². The molecule has 1 rings (SSSR count). The molecule has 1 nitrogen and oxygen atoms in total. The van der Waals surface area contributed by atoms with E-state index in [1.54, 1.807) is 0 Å². The third-order valence-corrected chi connectivity index (χ3v) is 4.38. The fourth-order valence-electron chi connectivity index (χ4n) is 2.41. The number of nitrogens with one attached hydrogen (secondary N) is 1. The summed E-state index contributed by atoms with van der Waals surface area (Å²) >= 11 is 12.4. The summed E-state index contributed by atoms with van der Waals surface area (Å²) in [6.45, 7) is 10.2. The monoisotopic (exact) mass is 315 g/mol. The Balaban J connectivity index is 2.56. The predicted octanol–water partition coefficient (Wildman–Crippen LogP) is 5.73. The van der Waals surface area contributed by atoms with Crippen molar-refractivity contribution in [3.8, 4) is 0 Å². The van der Waals surface area contributed by atoms with E-state index in [-0.39, 0.29) is 5.41 Å². The zero-order chi connectivity index (χ0) is 15.2. The molecule has 114 valence electrons. The molecule has 0 amide bonds. The maximum atomic E-state index is 6.22. The summed E-state index contributed by atoms with van der Waals surface area (Å²) in [5.41, 5.74) is 1.36. The summed E-state index contributed by atoms with van der Waals surface area (Å²) in [5.74, 6) is 0. The van der Waals surface area contributed by atoms with E-state index in [1.165, 1.54) is 6.42 Å². The first kappa shape index (κ1) is 17.8. The number of halogens is 2. The molecule has 0 spiro atoms. The molecule has 1 aromatic rings. The van der Waals surface area contributed by atoms with Gasteiger partial charge < -0.3 is 5.32 Å². The van der Waals surface area contributed by atoms with Gasteiger partial charge in [-0.3, -0.25) is 0 Å². The van der Waals surface area contributed by atoms with E-state index in [0.29, 0.717) is 6.04 Å². The SMILES string of the molecule is CCCNC(CCCc1c(Cl)cccc1Cl)C(C)(C)C. The molecule has 0 aliphatic rings. The van der Waals surface area contributed by atoms with Crippen LogP contribution < -0.4 is 5.32 Å².